The SMILES string of the molecule is Cc1cccc(NC(=O)C(=O)Nc2cc(C)ccn2)c1. The number of amides is 2. The van der Waals surface area contributed by atoms with E-state index in [0.717, 1.165) is 11.1 Å². The zero-order valence-corrected chi connectivity index (χ0v) is 11.3. The molecule has 0 unspecified atom stereocenters. The Morgan fingerprint density at radius 2 is 1.65 bits per heavy atom. The lowest BCUT2D eigenvalue weighted by Crippen LogP contribution is -2.29. The molecule has 102 valence electrons. The molecule has 1 heterocycles. The summed E-state index contributed by atoms with van der Waals surface area (Å²) >= 11 is 0. The highest BCUT2D eigenvalue weighted by Crippen LogP contribution is 2.10. The van der Waals surface area contributed by atoms with E-state index in [1.165, 1.54) is 0 Å². The smallest absolute Gasteiger partial charge is 0.315 e. The maximum Gasteiger partial charge on any atom is 0.315 e. The molecule has 0 aliphatic rings. The summed E-state index contributed by atoms with van der Waals surface area (Å²) in [6, 6.07) is 10.7. The minimum absolute atomic E-state index is 0.356. The largest absolute Gasteiger partial charge is 0.318 e. The first-order valence-electron chi connectivity index (χ1n) is 6.16. The summed E-state index contributed by atoms with van der Waals surface area (Å²) in [6.07, 6.45) is 1.57. The molecule has 1 aromatic carbocycles. The monoisotopic (exact) mass is 269 g/mol. The van der Waals surface area contributed by atoms with E-state index in [1.807, 2.05) is 32.0 Å². The number of benzene rings is 1. The average molecular weight is 269 g/mol. The summed E-state index contributed by atoms with van der Waals surface area (Å²) in [5.41, 5.74) is 2.54. The van der Waals surface area contributed by atoms with Gasteiger partial charge in [0.15, 0.2) is 0 Å². The molecule has 2 aromatic rings. The van der Waals surface area contributed by atoms with Crippen LogP contribution in [0.4, 0.5) is 11.5 Å². The fraction of sp³-hybridized carbons (Fsp3) is 0.133. The Bertz CT molecular complexity index is 596. The first kappa shape index (κ1) is 13.7. The molecule has 2 amide bonds. The van der Waals surface area contributed by atoms with Gasteiger partial charge in [0.2, 0.25) is 0 Å². The van der Waals surface area contributed by atoms with Crippen LogP contribution in [-0.2, 0) is 9.59 Å². The van der Waals surface area contributed by atoms with E-state index in [9.17, 15) is 9.59 Å². The lowest BCUT2D eigenvalue weighted by atomic mass is 10.2. The third-order valence-corrected chi connectivity index (χ3v) is 2.64. The number of nitrogens with one attached hydrogen (secondary N) is 2. The van der Waals surface area contributed by atoms with Crippen LogP contribution in [0, 0.1) is 13.8 Å². The minimum Gasteiger partial charge on any atom is -0.318 e. The van der Waals surface area contributed by atoms with Crippen molar-refractivity contribution in [2.24, 2.45) is 0 Å². The fourth-order valence-corrected chi connectivity index (χ4v) is 1.69. The molecule has 2 N–H and O–H groups in total. The predicted octanol–water partition coefficient (Wildman–Crippen LogP) is 2.28. The number of rotatable bonds is 2. The summed E-state index contributed by atoms with van der Waals surface area (Å²) in [5.74, 6) is -1.11. The Morgan fingerprint density at radius 1 is 0.950 bits per heavy atom. The van der Waals surface area contributed by atoms with Gasteiger partial charge >= 0.3 is 11.8 Å². The molecule has 0 atom stereocenters. The number of hydrogen-bond donors (Lipinski definition) is 2. The van der Waals surface area contributed by atoms with Crippen LogP contribution in [0.5, 0.6) is 0 Å². The molecule has 0 saturated carbocycles. The highest BCUT2D eigenvalue weighted by Gasteiger charge is 2.14. The van der Waals surface area contributed by atoms with Gasteiger partial charge in [-0.1, -0.05) is 12.1 Å². The first-order chi connectivity index (χ1) is 9.54. The second-order valence-corrected chi connectivity index (χ2v) is 4.50. The Labute approximate surface area is 117 Å². The van der Waals surface area contributed by atoms with Gasteiger partial charge in [0.1, 0.15) is 5.82 Å². The quantitative estimate of drug-likeness (QED) is 0.822. The van der Waals surface area contributed by atoms with Gasteiger partial charge in [-0.25, -0.2) is 4.98 Å². The zero-order valence-electron chi connectivity index (χ0n) is 11.3. The average Bonchev–Trinajstić information content (AvgIpc) is 2.38. The highest BCUT2D eigenvalue weighted by atomic mass is 16.2. The second kappa shape index (κ2) is 5.97. The molecule has 5 nitrogen and oxygen atoms in total. The molecule has 20 heavy (non-hydrogen) atoms. The highest BCUT2D eigenvalue weighted by molar-refractivity contribution is 6.43. The van der Waals surface area contributed by atoms with E-state index >= 15 is 0 Å². The standard InChI is InChI=1S/C15H15N3O2/c1-10-4-3-5-12(8-10)17-14(19)15(20)18-13-9-11(2)6-7-16-13/h3-9H,1-2H3,(H,17,19)(H,16,18,20). The van der Waals surface area contributed by atoms with Crippen molar-refractivity contribution in [2.75, 3.05) is 10.6 Å². The van der Waals surface area contributed by atoms with Gasteiger partial charge in [-0.3, -0.25) is 9.59 Å². The first-order valence-corrected chi connectivity index (χ1v) is 6.16. The molecule has 0 aliphatic heterocycles. The van der Waals surface area contributed by atoms with Crippen molar-refractivity contribution in [3.8, 4) is 0 Å². The molecule has 0 spiro atoms. The zero-order chi connectivity index (χ0) is 14.5. The molecule has 2 rings (SSSR count). The molecular formula is C15H15N3O2. The number of anilines is 2. The van der Waals surface area contributed by atoms with Crippen molar-refractivity contribution < 1.29 is 9.59 Å². The fourth-order valence-electron chi connectivity index (χ4n) is 1.69. The maximum absolute atomic E-state index is 11.8. The van der Waals surface area contributed by atoms with Crippen LogP contribution in [0.15, 0.2) is 42.6 Å². The summed E-state index contributed by atoms with van der Waals surface area (Å²) < 4.78 is 0. The van der Waals surface area contributed by atoms with Crippen molar-refractivity contribution in [3.63, 3.8) is 0 Å². The van der Waals surface area contributed by atoms with E-state index in [-0.39, 0.29) is 0 Å². The van der Waals surface area contributed by atoms with E-state index in [0.29, 0.717) is 11.5 Å². The van der Waals surface area contributed by atoms with Gasteiger partial charge < -0.3 is 10.6 Å². The third kappa shape index (κ3) is 3.65. The van der Waals surface area contributed by atoms with E-state index in [4.69, 9.17) is 0 Å². The van der Waals surface area contributed by atoms with Crippen LogP contribution in [0.3, 0.4) is 0 Å². The summed E-state index contributed by atoms with van der Waals surface area (Å²) in [4.78, 5) is 27.5. The topological polar surface area (TPSA) is 71.1 Å². The van der Waals surface area contributed by atoms with E-state index < -0.39 is 11.8 Å². The van der Waals surface area contributed by atoms with Crippen LogP contribution >= 0.6 is 0 Å². The number of carbonyl (C=O) groups is 2. The number of aromatic nitrogens is 1. The Kier molecular flexibility index (Phi) is 4.10. The summed E-state index contributed by atoms with van der Waals surface area (Å²) in [5, 5.41) is 4.99. The van der Waals surface area contributed by atoms with Crippen molar-refractivity contribution in [1.29, 1.82) is 0 Å². The molecule has 0 aliphatic carbocycles. The van der Waals surface area contributed by atoms with Crippen molar-refractivity contribution in [2.45, 2.75) is 13.8 Å². The number of nitrogens with zero attached hydrogens (tertiary/aromatic N) is 1. The van der Waals surface area contributed by atoms with Gasteiger partial charge in [0, 0.05) is 11.9 Å². The van der Waals surface area contributed by atoms with Crippen LogP contribution in [0.1, 0.15) is 11.1 Å². The Morgan fingerprint density at radius 3 is 2.35 bits per heavy atom. The normalized spacial score (nSPS) is 9.90. The lowest BCUT2D eigenvalue weighted by molar-refractivity contribution is -0.133. The molecular weight excluding hydrogens is 254 g/mol. The number of aryl methyl sites for hydroxylation is 2. The molecule has 0 radical (unpaired) electrons. The molecule has 0 bridgehead atoms. The van der Waals surface area contributed by atoms with Gasteiger partial charge in [-0.15, -0.1) is 0 Å². The third-order valence-electron chi connectivity index (χ3n) is 2.64. The lowest BCUT2D eigenvalue weighted by Gasteiger charge is -2.07. The van der Waals surface area contributed by atoms with Gasteiger partial charge in [0.05, 0.1) is 0 Å². The van der Waals surface area contributed by atoms with E-state index in [1.54, 1.807) is 24.4 Å². The Hall–Kier alpha value is -2.69. The van der Waals surface area contributed by atoms with Crippen LogP contribution < -0.4 is 10.6 Å². The molecule has 1 aromatic heterocycles. The van der Waals surface area contributed by atoms with Crippen LogP contribution in [0.2, 0.25) is 0 Å². The number of pyridine rings is 1. The minimum atomic E-state index is -0.746. The van der Waals surface area contributed by atoms with Crippen molar-refractivity contribution in [1.82, 2.24) is 4.98 Å². The predicted molar refractivity (Wildman–Crippen MR) is 77.4 cm³/mol. The number of carbonyl (C=O) groups excluding carboxylic acids is 2. The molecule has 5 heteroatoms. The van der Waals surface area contributed by atoms with Crippen molar-refractivity contribution in [3.05, 3.63) is 53.7 Å². The maximum atomic E-state index is 11.8. The van der Waals surface area contributed by atoms with E-state index in [2.05, 4.69) is 15.6 Å². The molecule has 0 fully saturated rings. The summed E-state index contributed by atoms with van der Waals surface area (Å²) in [6.45, 7) is 3.79. The Balaban J connectivity index is 2.01. The van der Waals surface area contributed by atoms with Gasteiger partial charge in [-0.05, 0) is 49.2 Å². The summed E-state index contributed by atoms with van der Waals surface area (Å²) in [7, 11) is 0. The van der Waals surface area contributed by atoms with Crippen LogP contribution in [0.25, 0.3) is 0 Å². The number of hydrogen-bond acceptors (Lipinski definition) is 3. The second-order valence-electron chi connectivity index (χ2n) is 4.50. The van der Waals surface area contributed by atoms with Gasteiger partial charge in [-0.2, -0.15) is 0 Å². The van der Waals surface area contributed by atoms with Crippen molar-refractivity contribution >= 4 is 23.3 Å². The van der Waals surface area contributed by atoms with Crippen LogP contribution in [-0.4, -0.2) is 16.8 Å². The van der Waals surface area contributed by atoms with Gasteiger partial charge in [0.25, 0.3) is 0 Å². The molecule has 0 saturated heterocycles.